The van der Waals surface area contributed by atoms with Crippen LogP contribution in [-0.4, -0.2) is 51.5 Å². The Morgan fingerprint density at radius 1 is 1.08 bits per heavy atom. The predicted octanol–water partition coefficient (Wildman–Crippen LogP) is 6.13. The zero-order valence-corrected chi connectivity index (χ0v) is 23.9. The molecule has 0 aromatic heterocycles. The van der Waals surface area contributed by atoms with Crippen molar-refractivity contribution in [2.45, 2.75) is 72.1 Å². The highest BCUT2D eigenvalue weighted by atomic mass is 16.5. The van der Waals surface area contributed by atoms with Gasteiger partial charge in [-0.15, -0.1) is 0 Å². The Morgan fingerprint density at radius 2 is 1.74 bits per heavy atom. The number of nitrogens with one attached hydrogen (secondary N) is 1. The van der Waals surface area contributed by atoms with Gasteiger partial charge in [0.15, 0.2) is 6.10 Å². The molecule has 3 aliphatic rings. The van der Waals surface area contributed by atoms with E-state index >= 15 is 0 Å². The molecule has 2 atom stereocenters. The van der Waals surface area contributed by atoms with E-state index < -0.39 is 17.7 Å². The largest absolute Gasteiger partial charge is 0.479 e. The highest BCUT2D eigenvalue weighted by Gasteiger charge is 2.42. The van der Waals surface area contributed by atoms with E-state index in [2.05, 4.69) is 66.6 Å². The van der Waals surface area contributed by atoms with Gasteiger partial charge in [-0.3, -0.25) is 0 Å². The fourth-order valence-corrected chi connectivity index (χ4v) is 5.48. The summed E-state index contributed by atoms with van der Waals surface area (Å²) >= 11 is 0. The lowest BCUT2D eigenvalue weighted by atomic mass is 9.82. The van der Waals surface area contributed by atoms with Crippen molar-refractivity contribution in [2.75, 3.05) is 13.1 Å². The molecule has 206 valence electrons. The van der Waals surface area contributed by atoms with Gasteiger partial charge in [-0.25, -0.2) is 20.2 Å². The molecule has 0 amide bonds. The summed E-state index contributed by atoms with van der Waals surface area (Å²) in [6.07, 6.45) is 3.03. The van der Waals surface area contributed by atoms with Gasteiger partial charge in [0, 0.05) is 18.8 Å². The van der Waals surface area contributed by atoms with Crippen molar-refractivity contribution in [2.24, 2.45) is 10.4 Å². The van der Waals surface area contributed by atoms with Crippen molar-refractivity contribution in [1.82, 2.24) is 15.3 Å². The lowest BCUT2D eigenvalue weighted by molar-refractivity contribution is -0.155. The molecular formula is C32H40N4O3. The van der Waals surface area contributed by atoms with Gasteiger partial charge in [0.1, 0.15) is 11.6 Å². The first-order valence-corrected chi connectivity index (χ1v) is 13.8. The number of fused-ring (bicyclic) bond motifs is 1. The van der Waals surface area contributed by atoms with E-state index in [4.69, 9.17) is 9.73 Å². The molecule has 2 unspecified atom stereocenters. The molecule has 0 saturated carbocycles. The number of carboxylic acid groups (broad SMARTS) is 1. The van der Waals surface area contributed by atoms with Crippen LogP contribution in [0.2, 0.25) is 0 Å². The van der Waals surface area contributed by atoms with E-state index in [0.717, 1.165) is 48.7 Å². The zero-order chi connectivity index (χ0) is 27.9. The molecule has 2 N–H and O–H groups in total. The van der Waals surface area contributed by atoms with Gasteiger partial charge in [-0.05, 0) is 74.8 Å². The monoisotopic (exact) mass is 528 g/mol. The number of aliphatic carboxylic acids is 1. The number of hydrazine groups is 1. The molecule has 7 nitrogen and oxygen atoms in total. The average Bonchev–Trinajstić information content (AvgIpc) is 3.30. The number of carboxylic acids is 1. The minimum Gasteiger partial charge on any atom is -0.479 e. The first kappa shape index (κ1) is 27.2. The molecule has 3 heterocycles. The van der Waals surface area contributed by atoms with E-state index in [1.54, 1.807) is 0 Å². The normalized spacial score (nSPS) is 21.8. The predicted molar refractivity (Wildman–Crippen MR) is 155 cm³/mol. The number of carbonyl (C=O) groups is 1. The van der Waals surface area contributed by atoms with Crippen LogP contribution in [0.25, 0.3) is 11.1 Å². The maximum atomic E-state index is 12.6. The van der Waals surface area contributed by atoms with E-state index in [1.165, 1.54) is 5.56 Å². The van der Waals surface area contributed by atoms with Crippen LogP contribution in [-0.2, 0) is 9.53 Å². The Labute approximate surface area is 231 Å². The van der Waals surface area contributed by atoms with Gasteiger partial charge >= 0.3 is 5.97 Å². The number of aliphatic imine (C=N–C) groups is 1. The van der Waals surface area contributed by atoms with Crippen LogP contribution in [0.4, 0.5) is 0 Å². The quantitative estimate of drug-likeness (QED) is 0.470. The van der Waals surface area contributed by atoms with Crippen LogP contribution in [0.15, 0.2) is 82.9 Å². The summed E-state index contributed by atoms with van der Waals surface area (Å²) in [5.41, 5.74) is 7.98. The van der Waals surface area contributed by atoms with Gasteiger partial charge in [0.25, 0.3) is 0 Å². The Hall–Kier alpha value is -3.42. The molecule has 1 saturated heterocycles. The number of rotatable bonds is 6. The third kappa shape index (κ3) is 5.80. The average molecular weight is 529 g/mol. The standard InChI is InChI=1S/C32H40N4O3/c1-21-27(28(30(37)38)39-31(2,3)4)29(35-17-15-32(5,6)16-18-35)36-26(33-21)20-25(34-36)24-14-10-13-23(19-24)22-11-8-7-9-12-22/h7-14,19-20,25,28,34H,15-18H2,1-6H3,(H,37,38). The third-order valence-electron chi connectivity index (χ3n) is 7.67. The summed E-state index contributed by atoms with van der Waals surface area (Å²) in [6, 6.07) is 18.8. The first-order valence-electron chi connectivity index (χ1n) is 13.8. The molecular weight excluding hydrogens is 488 g/mol. The van der Waals surface area contributed by atoms with Crippen LogP contribution >= 0.6 is 0 Å². The van der Waals surface area contributed by atoms with E-state index in [9.17, 15) is 9.90 Å². The summed E-state index contributed by atoms with van der Waals surface area (Å²) in [5, 5.41) is 12.3. The van der Waals surface area contributed by atoms with Crippen LogP contribution in [0.3, 0.4) is 0 Å². The number of benzene rings is 2. The Bertz CT molecular complexity index is 1330. The number of piperidine rings is 1. The fourth-order valence-electron chi connectivity index (χ4n) is 5.48. The smallest absolute Gasteiger partial charge is 0.337 e. The maximum absolute atomic E-state index is 12.6. The highest BCUT2D eigenvalue weighted by Crippen LogP contribution is 2.40. The Balaban J connectivity index is 1.55. The van der Waals surface area contributed by atoms with Crippen LogP contribution < -0.4 is 5.43 Å². The summed E-state index contributed by atoms with van der Waals surface area (Å²) in [6.45, 7) is 13.8. The van der Waals surface area contributed by atoms with E-state index in [0.29, 0.717) is 11.3 Å². The minimum absolute atomic E-state index is 0.109. The van der Waals surface area contributed by atoms with Crippen molar-refractivity contribution in [3.05, 3.63) is 83.5 Å². The van der Waals surface area contributed by atoms with Gasteiger partial charge < -0.3 is 14.7 Å². The van der Waals surface area contributed by atoms with Crippen molar-refractivity contribution >= 4 is 11.7 Å². The van der Waals surface area contributed by atoms with E-state index in [1.807, 2.05) is 50.9 Å². The van der Waals surface area contributed by atoms with Crippen molar-refractivity contribution in [3.63, 3.8) is 0 Å². The molecule has 0 spiro atoms. The molecule has 1 fully saturated rings. The minimum atomic E-state index is -1.14. The lowest BCUT2D eigenvalue weighted by Gasteiger charge is -2.44. The van der Waals surface area contributed by atoms with Crippen molar-refractivity contribution in [3.8, 4) is 11.1 Å². The van der Waals surface area contributed by atoms with Crippen molar-refractivity contribution in [1.29, 1.82) is 0 Å². The van der Waals surface area contributed by atoms with Crippen LogP contribution in [0, 0.1) is 5.41 Å². The SMILES string of the molecule is CC1=NC2=CC(c3cccc(-c4ccccc4)c3)NN2C(N2CCC(C)(C)CC2)=C1C(OC(C)(C)C)C(=O)O. The number of likely N-dealkylation sites (tertiary alicyclic amines) is 1. The topological polar surface area (TPSA) is 77.4 Å². The molecule has 2 aromatic carbocycles. The van der Waals surface area contributed by atoms with Crippen LogP contribution in [0.1, 0.15) is 66.0 Å². The molecule has 39 heavy (non-hydrogen) atoms. The maximum Gasteiger partial charge on any atom is 0.337 e. The summed E-state index contributed by atoms with van der Waals surface area (Å²) in [5.74, 6) is 0.608. The number of nitrogens with zero attached hydrogens (tertiary/aromatic N) is 3. The van der Waals surface area contributed by atoms with Gasteiger partial charge in [-0.1, -0.05) is 62.4 Å². The first-order chi connectivity index (χ1) is 18.4. The number of ether oxygens (including phenoxy) is 1. The van der Waals surface area contributed by atoms with Gasteiger partial charge in [0.2, 0.25) is 0 Å². The summed E-state index contributed by atoms with van der Waals surface area (Å²) in [4.78, 5) is 19.8. The molecule has 0 radical (unpaired) electrons. The third-order valence-corrected chi connectivity index (χ3v) is 7.67. The molecule has 0 aliphatic carbocycles. The van der Waals surface area contributed by atoms with Crippen LogP contribution in [0.5, 0.6) is 0 Å². The molecule has 2 aromatic rings. The molecule has 3 aliphatic heterocycles. The second-order valence-electron chi connectivity index (χ2n) is 12.5. The van der Waals surface area contributed by atoms with Gasteiger partial charge in [0.05, 0.1) is 17.2 Å². The Morgan fingerprint density at radius 3 is 2.38 bits per heavy atom. The fraction of sp³-hybridized carbons (Fsp3) is 0.438. The highest BCUT2D eigenvalue weighted by molar-refractivity contribution is 6.05. The second-order valence-corrected chi connectivity index (χ2v) is 12.5. The lowest BCUT2D eigenvalue weighted by Crippen LogP contribution is -2.50. The number of hydrogen-bond donors (Lipinski definition) is 2. The van der Waals surface area contributed by atoms with Crippen molar-refractivity contribution < 1.29 is 14.6 Å². The van der Waals surface area contributed by atoms with Gasteiger partial charge in [-0.2, -0.15) is 0 Å². The Kier molecular flexibility index (Phi) is 7.16. The molecule has 0 bridgehead atoms. The second kappa shape index (κ2) is 10.3. The summed E-state index contributed by atoms with van der Waals surface area (Å²) in [7, 11) is 0. The van der Waals surface area contributed by atoms with E-state index in [-0.39, 0.29) is 11.5 Å². The zero-order valence-electron chi connectivity index (χ0n) is 23.9. The number of hydrogen-bond acceptors (Lipinski definition) is 6. The summed E-state index contributed by atoms with van der Waals surface area (Å²) < 4.78 is 6.16. The molecule has 5 rings (SSSR count). The molecule has 7 heteroatoms.